The van der Waals surface area contributed by atoms with Gasteiger partial charge in [0.25, 0.3) is 5.91 Å². The van der Waals surface area contributed by atoms with Crippen molar-refractivity contribution in [2.75, 3.05) is 19.7 Å². The van der Waals surface area contributed by atoms with E-state index in [1.54, 1.807) is 11.0 Å². The SMILES string of the molecule is CCOC(=O)C1(Cc2ccccc2C)CCCN(C(=O)c2cc(-c3cccn3C)n[nH]2)C1. The monoisotopic (exact) mass is 434 g/mol. The summed E-state index contributed by atoms with van der Waals surface area (Å²) in [5.41, 5.74) is 3.57. The summed E-state index contributed by atoms with van der Waals surface area (Å²) < 4.78 is 7.45. The number of H-pyrrole nitrogens is 1. The third-order valence-corrected chi connectivity index (χ3v) is 6.38. The molecule has 1 atom stereocenters. The van der Waals surface area contributed by atoms with Crippen molar-refractivity contribution in [1.82, 2.24) is 19.7 Å². The number of carbonyl (C=O) groups is 2. The van der Waals surface area contributed by atoms with E-state index in [1.807, 2.05) is 49.0 Å². The molecule has 1 aromatic carbocycles. The van der Waals surface area contributed by atoms with E-state index in [2.05, 4.69) is 29.3 Å². The normalized spacial score (nSPS) is 18.5. The first-order valence-corrected chi connectivity index (χ1v) is 11.1. The van der Waals surface area contributed by atoms with Crippen molar-refractivity contribution >= 4 is 11.9 Å². The van der Waals surface area contributed by atoms with Crippen molar-refractivity contribution < 1.29 is 14.3 Å². The number of rotatable bonds is 6. The van der Waals surface area contributed by atoms with Gasteiger partial charge in [-0.15, -0.1) is 0 Å². The molecule has 1 aliphatic rings. The van der Waals surface area contributed by atoms with E-state index in [1.165, 1.54) is 0 Å². The van der Waals surface area contributed by atoms with Crippen LogP contribution >= 0.6 is 0 Å². The number of nitrogens with zero attached hydrogens (tertiary/aromatic N) is 3. The Morgan fingerprint density at radius 2 is 2.03 bits per heavy atom. The van der Waals surface area contributed by atoms with Crippen molar-refractivity contribution in [2.24, 2.45) is 12.5 Å². The lowest BCUT2D eigenvalue weighted by molar-refractivity contribution is -0.158. The summed E-state index contributed by atoms with van der Waals surface area (Å²) in [6.45, 7) is 5.13. The van der Waals surface area contributed by atoms with Crippen LogP contribution in [0.1, 0.15) is 41.4 Å². The molecule has 0 radical (unpaired) electrons. The molecular formula is C25H30N4O3. The van der Waals surface area contributed by atoms with Crippen molar-refractivity contribution in [3.05, 3.63) is 65.5 Å². The van der Waals surface area contributed by atoms with E-state index >= 15 is 0 Å². The summed E-state index contributed by atoms with van der Waals surface area (Å²) in [6, 6.07) is 13.8. The number of hydrogen-bond acceptors (Lipinski definition) is 4. The Hall–Kier alpha value is -3.35. The van der Waals surface area contributed by atoms with Gasteiger partial charge in [0.05, 0.1) is 17.7 Å². The maximum absolute atomic E-state index is 13.4. The molecule has 3 aromatic rings. The molecule has 0 aliphatic carbocycles. The second-order valence-electron chi connectivity index (χ2n) is 8.61. The number of aromatic amines is 1. The average Bonchev–Trinajstić information content (AvgIpc) is 3.44. The fourth-order valence-electron chi connectivity index (χ4n) is 4.61. The van der Waals surface area contributed by atoms with Crippen molar-refractivity contribution in [1.29, 1.82) is 0 Å². The minimum absolute atomic E-state index is 0.142. The number of nitrogens with one attached hydrogen (secondary N) is 1. The lowest BCUT2D eigenvalue weighted by Gasteiger charge is -2.41. The molecule has 7 heteroatoms. The fourth-order valence-corrected chi connectivity index (χ4v) is 4.61. The Morgan fingerprint density at radius 1 is 1.22 bits per heavy atom. The van der Waals surface area contributed by atoms with Gasteiger partial charge < -0.3 is 14.2 Å². The average molecular weight is 435 g/mol. The smallest absolute Gasteiger partial charge is 0.314 e. The zero-order chi connectivity index (χ0) is 22.7. The van der Waals surface area contributed by atoms with Gasteiger partial charge in [0, 0.05) is 26.3 Å². The van der Waals surface area contributed by atoms with E-state index in [9.17, 15) is 9.59 Å². The molecular weight excluding hydrogens is 404 g/mol. The Labute approximate surface area is 188 Å². The molecule has 0 bridgehead atoms. The quantitative estimate of drug-likeness (QED) is 0.599. The van der Waals surface area contributed by atoms with E-state index in [0.717, 1.165) is 28.9 Å². The predicted octanol–water partition coefficient (Wildman–Crippen LogP) is 3.75. The van der Waals surface area contributed by atoms with Crippen LogP contribution in [0.5, 0.6) is 0 Å². The highest BCUT2D eigenvalue weighted by molar-refractivity contribution is 5.94. The first-order valence-electron chi connectivity index (χ1n) is 11.1. The molecule has 168 valence electrons. The summed E-state index contributed by atoms with van der Waals surface area (Å²) >= 11 is 0. The zero-order valence-electron chi connectivity index (χ0n) is 18.9. The van der Waals surface area contributed by atoms with Gasteiger partial charge in [-0.3, -0.25) is 14.7 Å². The van der Waals surface area contributed by atoms with Crippen LogP contribution in [-0.2, 0) is 23.0 Å². The molecule has 0 saturated carbocycles. The van der Waals surface area contributed by atoms with Gasteiger partial charge in [0.2, 0.25) is 0 Å². The number of aryl methyl sites for hydroxylation is 2. The Balaban J connectivity index is 1.59. The zero-order valence-corrected chi connectivity index (χ0v) is 18.9. The third-order valence-electron chi connectivity index (χ3n) is 6.38. The van der Waals surface area contributed by atoms with Crippen LogP contribution in [0.15, 0.2) is 48.7 Å². The highest BCUT2D eigenvalue weighted by atomic mass is 16.5. The Kier molecular flexibility index (Phi) is 6.17. The molecule has 32 heavy (non-hydrogen) atoms. The third kappa shape index (κ3) is 4.20. The van der Waals surface area contributed by atoms with Gasteiger partial charge >= 0.3 is 5.97 Å². The fraction of sp³-hybridized carbons (Fsp3) is 0.400. The van der Waals surface area contributed by atoms with Crippen LogP contribution in [0.25, 0.3) is 11.4 Å². The standard InChI is InChI=1S/C25H30N4O3/c1-4-32-24(31)25(16-19-10-6-5-9-18(19)2)12-8-14-29(17-25)23(30)21-15-20(26-27-21)22-11-7-13-28(22)3/h5-7,9-11,13,15H,4,8,12,14,16-17H2,1-3H3,(H,26,27). The van der Waals surface area contributed by atoms with Crippen LogP contribution in [0.3, 0.4) is 0 Å². The van der Waals surface area contributed by atoms with Crippen LogP contribution in [0.4, 0.5) is 0 Å². The molecule has 1 amide bonds. The number of likely N-dealkylation sites (tertiary alicyclic amines) is 1. The number of amides is 1. The summed E-state index contributed by atoms with van der Waals surface area (Å²) in [5, 5.41) is 7.22. The van der Waals surface area contributed by atoms with Crippen LogP contribution in [-0.4, -0.2) is 51.2 Å². The van der Waals surface area contributed by atoms with Crippen molar-refractivity contribution in [3.8, 4) is 11.4 Å². The van der Waals surface area contributed by atoms with E-state index in [0.29, 0.717) is 38.2 Å². The largest absolute Gasteiger partial charge is 0.466 e. The Morgan fingerprint density at radius 3 is 2.75 bits per heavy atom. The van der Waals surface area contributed by atoms with Gasteiger partial charge in [-0.1, -0.05) is 24.3 Å². The number of carbonyl (C=O) groups excluding carboxylic acids is 2. The highest BCUT2D eigenvalue weighted by Gasteiger charge is 2.45. The molecule has 1 saturated heterocycles. The second kappa shape index (κ2) is 9.02. The van der Waals surface area contributed by atoms with E-state index < -0.39 is 5.41 Å². The van der Waals surface area contributed by atoms with Crippen molar-refractivity contribution in [3.63, 3.8) is 0 Å². The molecule has 0 spiro atoms. The lowest BCUT2D eigenvalue weighted by atomic mass is 9.74. The maximum atomic E-state index is 13.4. The molecule has 2 aromatic heterocycles. The number of ether oxygens (including phenoxy) is 1. The summed E-state index contributed by atoms with van der Waals surface area (Å²) in [5.74, 6) is -0.369. The number of piperidine rings is 1. The van der Waals surface area contributed by atoms with E-state index in [-0.39, 0.29) is 11.9 Å². The number of esters is 1. The molecule has 7 nitrogen and oxygen atoms in total. The summed E-state index contributed by atoms with van der Waals surface area (Å²) in [4.78, 5) is 28.3. The predicted molar refractivity (Wildman–Crippen MR) is 122 cm³/mol. The molecule has 1 N–H and O–H groups in total. The number of benzene rings is 1. The number of hydrogen-bond donors (Lipinski definition) is 1. The van der Waals surface area contributed by atoms with Crippen LogP contribution < -0.4 is 0 Å². The summed E-state index contributed by atoms with van der Waals surface area (Å²) in [7, 11) is 1.94. The van der Waals surface area contributed by atoms with Crippen LogP contribution in [0.2, 0.25) is 0 Å². The van der Waals surface area contributed by atoms with Gasteiger partial charge in [0.15, 0.2) is 0 Å². The highest BCUT2D eigenvalue weighted by Crippen LogP contribution is 2.36. The molecule has 1 aliphatic heterocycles. The van der Waals surface area contributed by atoms with Gasteiger partial charge in [0.1, 0.15) is 11.4 Å². The topological polar surface area (TPSA) is 80.2 Å². The minimum atomic E-state index is -0.753. The van der Waals surface area contributed by atoms with Gasteiger partial charge in [-0.05, 0) is 62.4 Å². The maximum Gasteiger partial charge on any atom is 0.314 e. The van der Waals surface area contributed by atoms with Crippen LogP contribution in [0, 0.1) is 12.3 Å². The first kappa shape index (κ1) is 21.9. The van der Waals surface area contributed by atoms with Gasteiger partial charge in [-0.2, -0.15) is 5.10 Å². The Bertz CT molecular complexity index is 1120. The van der Waals surface area contributed by atoms with Gasteiger partial charge in [-0.25, -0.2) is 0 Å². The molecule has 1 unspecified atom stereocenters. The van der Waals surface area contributed by atoms with Crippen molar-refractivity contribution in [2.45, 2.75) is 33.1 Å². The molecule has 1 fully saturated rings. The number of aromatic nitrogens is 3. The molecule has 4 rings (SSSR count). The minimum Gasteiger partial charge on any atom is -0.466 e. The molecule has 3 heterocycles. The lowest BCUT2D eigenvalue weighted by Crippen LogP contribution is -2.51. The first-order chi connectivity index (χ1) is 15.4. The summed E-state index contributed by atoms with van der Waals surface area (Å²) in [6.07, 6.45) is 3.94. The second-order valence-corrected chi connectivity index (χ2v) is 8.61. The van der Waals surface area contributed by atoms with E-state index in [4.69, 9.17) is 4.74 Å².